The van der Waals surface area contributed by atoms with E-state index < -0.39 is 0 Å². The molecule has 0 aromatic rings. The number of hydrogen-bond donors (Lipinski definition) is 2. The van der Waals surface area contributed by atoms with Gasteiger partial charge >= 0.3 is 0 Å². The minimum atomic E-state index is 1.25. The Balaban J connectivity index is 0. The van der Waals surface area contributed by atoms with Gasteiger partial charge in [0.15, 0.2) is 0 Å². The molecule has 0 aromatic heterocycles. The molecule has 0 unspecified atom stereocenters. The number of rotatable bonds is 2. The largest absolute Gasteiger partial charge is 0.390 e. The summed E-state index contributed by atoms with van der Waals surface area (Å²) in [5.74, 6) is 0. The Morgan fingerprint density at radius 1 is 1.40 bits per heavy atom. The van der Waals surface area contributed by atoms with Gasteiger partial charge in [0.2, 0.25) is 0 Å². The summed E-state index contributed by atoms with van der Waals surface area (Å²) < 4.78 is 0. The minimum Gasteiger partial charge on any atom is -0.390 e. The molecule has 0 heterocycles. The van der Waals surface area contributed by atoms with Gasteiger partial charge < -0.3 is 5.73 Å². The van der Waals surface area contributed by atoms with E-state index in [2.05, 4.69) is 20.3 Å². The molecule has 0 amide bonds. The number of hydroxylamine groups is 1. The average Bonchev–Trinajstić information content (AvgIpc) is 2.01. The summed E-state index contributed by atoms with van der Waals surface area (Å²) >= 11 is 0. The molecule has 0 atom stereocenters. The third-order valence-electron chi connectivity index (χ3n) is 0.449. The SMILES string of the molecule is CN=CN.CN=CNOC. The van der Waals surface area contributed by atoms with Crippen LogP contribution in [0.4, 0.5) is 0 Å². The fourth-order valence-corrected chi connectivity index (χ4v) is 0.105. The summed E-state index contributed by atoms with van der Waals surface area (Å²) in [6.07, 6.45) is 2.71. The Labute approximate surface area is 61.0 Å². The number of nitrogens with two attached hydrogens (primary N) is 1. The fraction of sp³-hybridized carbons (Fsp3) is 0.600. The summed E-state index contributed by atoms with van der Waals surface area (Å²) in [6, 6.07) is 0. The van der Waals surface area contributed by atoms with E-state index in [9.17, 15) is 0 Å². The Morgan fingerprint density at radius 3 is 2.00 bits per heavy atom. The van der Waals surface area contributed by atoms with Crippen LogP contribution in [-0.4, -0.2) is 33.9 Å². The predicted octanol–water partition coefficient (Wildman–Crippen LogP) is -0.601. The van der Waals surface area contributed by atoms with E-state index in [4.69, 9.17) is 5.73 Å². The maximum atomic E-state index is 4.74. The predicted molar refractivity (Wildman–Crippen MR) is 43.2 cm³/mol. The highest BCUT2D eigenvalue weighted by Gasteiger charge is 1.56. The highest BCUT2D eigenvalue weighted by molar-refractivity contribution is 5.51. The third-order valence-corrected chi connectivity index (χ3v) is 0.449. The van der Waals surface area contributed by atoms with Crippen LogP contribution in [0.2, 0.25) is 0 Å². The zero-order valence-corrected chi connectivity index (χ0v) is 6.53. The van der Waals surface area contributed by atoms with Crippen LogP contribution in [0.3, 0.4) is 0 Å². The lowest BCUT2D eigenvalue weighted by Crippen LogP contribution is -2.06. The van der Waals surface area contributed by atoms with Crippen LogP contribution < -0.4 is 11.2 Å². The van der Waals surface area contributed by atoms with E-state index in [1.165, 1.54) is 19.8 Å². The molecule has 0 bridgehead atoms. The number of hydrogen-bond acceptors (Lipinski definition) is 3. The number of nitrogens with zero attached hydrogens (tertiary/aromatic N) is 2. The molecule has 5 heteroatoms. The third kappa shape index (κ3) is 28.6. The van der Waals surface area contributed by atoms with Gasteiger partial charge in [-0.05, 0) is 0 Å². The topological polar surface area (TPSA) is 72.0 Å². The van der Waals surface area contributed by atoms with Crippen molar-refractivity contribution in [2.24, 2.45) is 15.7 Å². The zero-order chi connectivity index (χ0) is 8.24. The van der Waals surface area contributed by atoms with Gasteiger partial charge in [-0.3, -0.25) is 20.3 Å². The highest BCUT2D eigenvalue weighted by atomic mass is 16.6. The van der Waals surface area contributed by atoms with Crippen molar-refractivity contribution in [1.29, 1.82) is 0 Å². The molecule has 3 N–H and O–H groups in total. The van der Waals surface area contributed by atoms with Crippen molar-refractivity contribution < 1.29 is 4.84 Å². The van der Waals surface area contributed by atoms with Crippen LogP contribution in [-0.2, 0) is 4.84 Å². The van der Waals surface area contributed by atoms with Gasteiger partial charge in [-0.25, -0.2) is 0 Å². The summed E-state index contributed by atoms with van der Waals surface area (Å²) in [5, 5.41) is 0. The molecule has 60 valence electrons. The molecule has 10 heavy (non-hydrogen) atoms. The molecule has 0 saturated heterocycles. The quantitative estimate of drug-likeness (QED) is 0.310. The van der Waals surface area contributed by atoms with Crippen LogP contribution in [0, 0.1) is 0 Å². The normalized spacial score (nSPS) is 9.50. The van der Waals surface area contributed by atoms with Gasteiger partial charge in [0, 0.05) is 14.1 Å². The lowest BCUT2D eigenvalue weighted by molar-refractivity contribution is 0.148. The van der Waals surface area contributed by atoms with Crippen molar-refractivity contribution in [1.82, 2.24) is 5.48 Å². The molecular formula is C5H14N4O. The highest BCUT2D eigenvalue weighted by Crippen LogP contribution is 1.45. The van der Waals surface area contributed by atoms with Gasteiger partial charge in [0.1, 0.15) is 6.34 Å². The van der Waals surface area contributed by atoms with Gasteiger partial charge in [0.05, 0.1) is 13.4 Å². The molecule has 0 aliphatic heterocycles. The fourth-order valence-electron chi connectivity index (χ4n) is 0.105. The summed E-state index contributed by atoms with van der Waals surface area (Å²) in [4.78, 5) is 11.3. The molecule has 0 aliphatic rings. The maximum absolute atomic E-state index is 4.74. The van der Waals surface area contributed by atoms with Crippen molar-refractivity contribution in [3.05, 3.63) is 0 Å². The number of nitrogens with one attached hydrogen (secondary N) is 1. The first-order valence-corrected chi connectivity index (χ1v) is 2.65. The minimum absolute atomic E-state index is 1.25. The standard InChI is InChI=1S/C3H8N2O.C2H6N2/c1-4-3-5-6-2;1-4-2-3/h3H,1-2H3,(H,4,5);2H,1H3,(H2,3,4). The summed E-state index contributed by atoms with van der Waals surface area (Å²) in [7, 11) is 4.81. The van der Waals surface area contributed by atoms with Crippen LogP contribution in [0.15, 0.2) is 9.98 Å². The van der Waals surface area contributed by atoms with E-state index in [-0.39, 0.29) is 0 Å². The second kappa shape index (κ2) is 15.7. The molecule has 0 radical (unpaired) electrons. The Hall–Kier alpha value is -1.10. The van der Waals surface area contributed by atoms with Gasteiger partial charge in [-0.1, -0.05) is 0 Å². The molecule has 5 nitrogen and oxygen atoms in total. The van der Waals surface area contributed by atoms with Crippen LogP contribution in [0.5, 0.6) is 0 Å². The van der Waals surface area contributed by atoms with Crippen molar-refractivity contribution in [2.75, 3.05) is 21.2 Å². The molecule has 0 saturated carbocycles. The maximum Gasteiger partial charge on any atom is 0.106 e. The molecule has 0 rings (SSSR count). The summed E-state index contributed by atoms with van der Waals surface area (Å²) in [6.45, 7) is 0. The molecule has 0 aromatic carbocycles. The molecule has 0 spiro atoms. The lowest BCUT2D eigenvalue weighted by atomic mass is 11.3. The van der Waals surface area contributed by atoms with E-state index in [0.29, 0.717) is 0 Å². The second-order valence-electron chi connectivity index (χ2n) is 1.12. The van der Waals surface area contributed by atoms with E-state index in [1.54, 1.807) is 14.1 Å². The van der Waals surface area contributed by atoms with Gasteiger partial charge in [-0.15, -0.1) is 0 Å². The van der Waals surface area contributed by atoms with Crippen molar-refractivity contribution >= 4 is 12.7 Å². The molecular weight excluding hydrogens is 132 g/mol. The van der Waals surface area contributed by atoms with E-state index >= 15 is 0 Å². The monoisotopic (exact) mass is 146 g/mol. The van der Waals surface area contributed by atoms with Crippen molar-refractivity contribution in [2.45, 2.75) is 0 Å². The first kappa shape index (κ1) is 11.7. The summed E-state index contributed by atoms with van der Waals surface area (Å²) in [5.41, 5.74) is 7.14. The van der Waals surface area contributed by atoms with E-state index in [0.717, 1.165) is 0 Å². The van der Waals surface area contributed by atoms with Crippen molar-refractivity contribution in [3.63, 3.8) is 0 Å². The Kier molecular flexibility index (Phi) is 18.3. The van der Waals surface area contributed by atoms with Crippen LogP contribution in [0.1, 0.15) is 0 Å². The molecule has 0 aliphatic carbocycles. The Bertz CT molecular complexity index is 87.6. The molecule has 0 fully saturated rings. The van der Waals surface area contributed by atoms with Crippen molar-refractivity contribution in [3.8, 4) is 0 Å². The number of aliphatic imine (C=N–C) groups is 2. The van der Waals surface area contributed by atoms with Crippen LogP contribution >= 0.6 is 0 Å². The zero-order valence-electron chi connectivity index (χ0n) is 6.53. The van der Waals surface area contributed by atoms with Gasteiger partial charge in [-0.2, -0.15) is 0 Å². The van der Waals surface area contributed by atoms with Crippen LogP contribution in [0.25, 0.3) is 0 Å². The first-order chi connectivity index (χ1) is 4.83. The smallest absolute Gasteiger partial charge is 0.106 e. The van der Waals surface area contributed by atoms with Gasteiger partial charge in [0.25, 0.3) is 0 Å². The first-order valence-electron chi connectivity index (χ1n) is 2.65. The average molecular weight is 146 g/mol. The lowest BCUT2D eigenvalue weighted by Gasteiger charge is -1.86. The second-order valence-corrected chi connectivity index (χ2v) is 1.12. The Morgan fingerprint density at radius 2 is 1.90 bits per heavy atom. The van der Waals surface area contributed by atoms with E-state index in [1.807, 2.05) is 0 Å².